The van der Waals surface area contributed by atoms with Crippen molar-refractivity contribution in [2.24, 2.45) is 0 Å². The lowest BCUT2D eigenvalue weighted by Gasteiger charge is -2.10. The molecule has 25 heavy (non-hydrogen) atoms. The largest absolute Gasteiger partial charge is 0.508 e. The highest BCUT2D eigenvalue weighted by Gasteiger charge is 2.15. The Bertz CT molecular complexity index is 1250. The molecule has 0 spiro atoms. The summed E-state index contributed by atoms with van der Waals surface area (Å²) < 4.78 is 0. The molecule has 0 aliphatic carbocycles. The van der Waals surface area contributed by atoms with Gasteiger partial charge < -0.3 is 20.2 Å². The summed E-state index contributed by atoms with van der Waals surface area (Å²) >= 11 is 0. The summed E-state index contributed by atoms with van der Waals surface area (Å²) in [6, 6.07) is 15.4. The molecule has 4 nitrogen and oxygen atoms in total. The minimum Gasteiger partial charge on any atom is -0.508 e. The SMILES string of the molecule is OCc1ccccc1-c1cc2[nH]c3ccc(O)cc3c2c2c[nH]cc12. The number of H-pyrrole nitrogens is 2. The lowest BCUT2D eigenvalue weighted by molar-refractivity contribution is 0.282. The molecule has 0 fully saturated rings. The maximum Gasteiger partial charge on any atom is 0.116 e. The van der Waals surface area contributed by atoms with E-state index in [1.165, 1.54) is 0 Å². The van der Waals surface area contributed by atoms with E-state index in [0.717, 1.165) is 49.3 Å². The predicted molar refractivity (Wildman–Crippen MR) is 101 cm³/mol. The van der Waals surface area contributed by atoms with Gasteiger partial charge in [-0.3, -0.25) is 0 Å². The van der Waals surface area contributed by atoms with Crippen LogP contribution in [-0.4, -0.2) is 20.2 Å². The molecular weight excluding hydrogens is 312 g/mol. The molecule has 0 amide bonds. The van der Waals surface area contributed by atoms with Crippen LogP contribution in [0, 0.1) is 0 Å². The van der Waals surface area contributed by atoms with Gasteiger partial charge in [-0.15, -0.1) is 0 Å². The number of fused-ring (bicyclic) bond motifs is 5. The fourth-order valence-corrected chi connectivity index (χ4v) is 3.76. The third-order valence-corrected chi connectivity index (χ3v) is 4.88. The lowest BCUT2D eigenvalue weighted by atomic mass is 9.94. The molecule has 2 aromatic heterocycles. The number of aliphatic hydroxyl groups excluding tert-OH is 1. The Morgan fingerprint density at radius 3 is 2.52 bits per heavy atom. The standard InChI is InChI=1S/C21H16N2O2/c24-11-12-3-1-2-4-14(12)15-8-20-21(18-10-22-9-17(15)18)16-7-13(25)5-6-19(16)23-20/h1-10,22-25H,11H2. The van der Waals surface area contributed by atoms with Gasteiger partial charge in [0.1, 0.15) is 5.75 Å². The van der Waals surface area contributed by atoms with Crippen LogP contribution in [0.4, 0.5) is 0 Å². The molecular formula is C21H16N2O2. The Balaban J connectivity index is 1.95. The van der Waals surface area contributed by atoms with Crippen molar-refractivity contribution in [2.45, 2.75) is 6.61 Å². The highest BCUT2D eigenvalue weighted by atomic mass is 16.3. The minimum absolute atomic E-state index is 0.000695. The van der Waals surface area contributed by atoms with Crippen LogP contribution in [0.25, 0.3) is 43.7 Å². The third kappa shape index (κ3) is 1.98. The summed E-state index contributed by atoms with van der Waals surface area (Å²) in [5.41, 5.74) is 5.00. The monoisotopic (exact) mass is 328 g/mol. The quantitative estimate of drug-likeness (QED) is 0.380. The molecule has 2 heterocycles. The van der Waals surface area contributed by atoms with Crippen molar-refractivity contribution in [2.75, 3.05) is 0 Å². The van der Waals surface area contributed by atoms with E-state index in [2.05, 4.69) is 16.0 Å². The number of phenols is 1. The molecule has 0 radical (unpaired) electrons. The fraction of sp³-hybridized carbons (Fsp3) is 0.0476. The van der Waals surface area contributed by atoms with E-state index in [-0.39, 0.29) is 12.4 Å². The van der Waals surface area contributed by atoms with E-state index in [4.69, 9.17) is 0 Å². The van der Waals surface area contributed by atoms with Gasteiger partial charge in [-0.1, -0.05) is 24.3 Å². The van der Waals surface area contributed by atoms with E-state index in [1.54, 1.807) is 12.1 Å². The molecule has 0 aliphatic rings. The molecule has 4 N–H and O–H groups in total. The number of aromatic nitrogens is 2. The van der Waals surface area contributed by atoms with Crippen LogP contribution >= 0.6 is 0 Å². The summed E-state index contributed by atoms with van der Waals surface area (Å²) in [4.78, 5) is 6.65. The van der Waals surface area contributed by atoms with Crippen molar-refractivity contribution >= 4 is 32.6 Å². The average Bonchev–Trinajstić information content (AvgIpc) is 3.24. The molecule has 0 unspecified atom stereocenters. The van der Waals surface area contributed by atoms with Crippen molar-refractivity contribution < 1.29 is 10.2 Å². The minimum atomic E-state index is 0.000695. The lowest BCUT2D eigenvalue weighted by Crippen LogP contribution is -1.89. The van der Waals surface area contributed by atoms with Crippen LogP contribution in [-0.2, 0) is 6.61 Å². The first-order chi connectivity index (χ1) is 12.3. The molecule has 4 heteroatoms. The number of aromatic hydroxyl groups is 1. The van der Waals surface area contributed by atoms with Crippen molar-refractivity contribution in [3.8, 4) is 16.9 Å². The zero-order valence-corrected chi connectivity index (χ0v) is 13.4. The van der Waals surface area contributed by atoms with Gasteiger partial charge in [-0.05, 0) is 41.0 Å². The van der Waals surface area contributed by atoms with E-state index < -0.39 is 0 Å². The van der Waals surface area contributed by atoms with Crippen molar-refractivity contribution in [3.05, 3.63) is 66.5 Å². The number of aromatic amines is 2. The smallest absolute Gasteiger partial charge is 0.116 e. The molecule has 0 aliphatic heterocycles. The predicted octanol–water partition coefficient (Wildman–Crippen LogP) is 4.67. The molecule has 5 aromatic rings. The first-order valence-corrected chi connectivity index (χ1v) is 8.19. The van der Waals surface area contributed by atoms with Crippen LogP contribution in [0.3, 0.4) is 0 Å². The number of hydrogen-bond acceptors (Lipinski definition) is 2. The van der Waals surface area contributed by atoms with Gasteiger partial charge in [0, 0.05) is 45.0 Å². The highest BCUT2D eigenvalue weighted by Crippen LogP contribution is 2.39. The Hall–Kier alpha value is -3.24. The summed E-state index contributed by atoms with van der Waals surface area (Å²) in [6.45, 7) is 0.000695. The summed E-state index contributed by atoms with van der Waals surface area (Å²) in [6.07, 6.45) is 3.97. The van der Waals surface area contributed by atoms with E-state index in [1.807, 2.05) is 42.7 Å². The number of benzene rings is 3. The Labute approximate surface area is 143 Å². The molecule has 0 atom stereocenters. The van der Waals surface area contributed by atoms with Gasteiger partial charge in [-0.2, -0.15) is 0 Å². The maximum atomic E-state index is 9.88. The molecule has 5 rings (SSSR count). The number of aliphatic hydroxyl groups is 1. The molecule has 0 saturated heterocycles. The second-order valence-electron chi connectivity index (χ2n) is 6.30. The number of phenolic OH excluding ortho intramolecular Hbond substituents is 1. The van der Waals surface area contributed by atoms with Crippen LogP contribution in [0.2, 0.25) is 0 Å². The Morgan fingerprint density at radius 1 is 0.800 bits per heavy atom. The zero-order valence-electron chi connectivity index (χ0n) is 13.4. The van der Waals surface area contributed by atoms with Gasteiger partial charge in [0.05, 0.1) is 6.61 Å². The van der Waals surface area contributed by atoms with Gasteiger partial charge >= 0.3 is 0 Å². The Morgan fingerprint density at radius 2 is 1.64 bits per heavy atom. The van der Waals surface area contributed by atoms with Crippen molar-refractivity contribution in [1.82, 2.24) is 9.97 Å². The number of hydrogen-bond donors (Lipinski definition) is 4. The van der Waals surface area contributed by atoms with E-state index in [0.29, 0.717) is 0 Å². The fourth-order valence-electron chi connectivity index (χ4n) is 3.76. The Kier molecular flexibility index (Phi) is 2.90. The first-order valence-electron chi connectivity index (χ1n) is 8.19. The molecule has 0 bridgehead atoms. The van der Waals surface area contributed by atoms with Gasteiger partial charge in [-0.25, -0.2) is 0 Å². The van der Waals surface area contributed by atoms with Crippen molar-refractivity contribution in [1.29, 1.82) is 0 Å². The van der Waals surface area contributed by atoms with Crippen LogP contribution in [0.5, 0.6) is 5.75 Å². The van der Waals surface area contributed by atoms with Gasteiger partial charge in [0.15, 0.2) is 0 Å². The summed E-state index contributed by atoms with van der Waals surface area (Å²) in [5, 5.41) is 23.9. The van der Waals surface area contributed by atoms with Gasteiger partial charge in [0.2, 0.25) is 0 Å². The zero-order chi connectivity index (χ0) is 17.0. The normalized spacial score (nSPS) is 11.7. The second-order valence-corrected chi connectivity index (χ2v) is 6.30. The average molecular weight is 328 g/mol. The van der Waals surface area contributed by atoms with Gasteiger partial charge in [0.25, 0.3) is 0 Å². The van der Waals surface area contributed by atoms with Crippen LogP contribution in [0.15, 0.2) is 60.9 Å². The van der Waals surface area contributed by atoms with Crippen molar-refractivity contribution in [3.63, 3.8) is 0 Å². The topological polar surface area (TPSA) is 72.0 Å². The maximum absolute atomic E-state index is 9.88. The molecule has 122 valence electrons. The summed E-state index contributed by atoms with van der Waals surface area (Å²) in [7, 11) is 0. The number of nitrogens with one attached hydrogen (secondary N) is 2. The second kappa shape index (κ2) is 5.13. The first kappa shape index (κ1) is 14.1. The van der Waals surface area contributed by atoms with E-state index >= 15 is 0 Å². The van der Waals surface area contributed by atoms with Crippen LogP contribution in [0.1, 0.15) is 5.56 Å². The third-order valence-electron chi connectivity index (χ3n) is 4.88. The van der Waals surface area contributed by atoms with Crippen LogP contribution < -0.4 is 0 Å². The number of rotatable bonds is 2. The molecule has 0 saturated carbocycles. The highest BCUT2D eigenvalue weighted by molar-refractivity contribution is 6.23. The summed E-state index contributed by atoms with van der Waals surface area (Å²) in [5.74, 6) is 0.256. The van der Waals surface area contributed by atoms with E-state index in [9.17, 15) is 10.2 Å². The molecule has 3 aromatic carbocycles.